The molecule has 5 heteroatoms. The lowest BCUT2D eigenvalue weighted by Crippen LogP contribution is -2.23. The van der Waals surface area contributed by atoms with Crippen LogP contribution in [0.3, 0.4) is 0 Å². The Labute approximate surface area is 122 Å². The highest BCUT2D eigenvalue weighted by molar-refractivity contribution is 5.94. The van der Waals surface area contributed by atoms with Crippen molar-refractivity contribution in [1.29, 1.82) is 0 Å². The average molecular weight is 290 g/mol. The van der Waals surface area contributed by atoms with Gasteiger partial charge in [0.2, 0.25) is 0 Å². The molecule has 0 aliphatic carbocycles. The molecule has 2 aromatic rings. The number of aryl methyl sites for hydroxylation is 1. The molecule has 1 amide bonds. The molecule has 0 fully saturated rings. The lowest BCUT2D eigenvalue weighted by atomic mass is 10.1. The number of anilines is 1. The van der Waals surface area contributed by atoms with Gasteiger partial charge in [-0.3, -0.25) is 4.79 Å². The Hall–Kier alpha value is -2.43. The fourth-order valence-corrected chi connectivity index (χ4v) is 2.04. The van der Waals surface area contributed by atoms with E-state index in [9.17, 15) is 13.6 Å². The molecule has 0 atom stereocenters. The molecule has 2 rings (SSSR count). The Morgan fingerprint density at radius 2 is 1.90 bits per heavy atom. The Balaban J connectivity index is 2.08. The van der Waals surface area contributed by atoms with Crippen LogP contribution < -0.4 is 10.6 Å². The quantitative estimate of drug-likeness (QED) is 0.907. The number of rotatable bonds is 4. The Morgan fingerprint density at radius 3 is 2.57 bits per heavy atom. The van der Waals surface area contributed by atoms with E-state index in [1.54, 1.807) is 25.2 Å². The van der Waals surface area contributed by atoms with Gasteiger partial charge in [0.15, 0.2) is 0 Å². The summed E-state index contributed by atoms with van der Waals surface area (Å²) in [6, 6.07) is 8.38. The van der Waals surface area contributed by atoms with Crippen molar-refractivity contribution < 1.29 is 13.6 Å². The number of hydrogen-bond acceptors (Lipinski definition) is 2. The third kappa shape index (κ3) is 3.56. The summed E-state index contributed by atoms with van der Waals surface area (Å²) >= 11 is 0. The molecule has 0 aromatic heterocycles. The van der Waals surface area contributed by atoms with Gasteiger partial charge in [-0.2, -0.15) is 0 Å². The molecule has 0 heterocycles. The van der Waals surface area contributed by atoms with Gasteiger partial charge in [0.05, 0.1) is 0 Å². The molecule has 2 N–H and O–H groups in total. The van der Waals surface area contributed by atoms with Crippen LogP contribution in [0.25, 0.3) is 0 Å². The molecule has 0 spiro atoms. The van der Waals surface area contributed by atoms with Gasteiger partial charge in [-0.1, -0.05) is 0 Å². The van der Waals surface area contributed by atoms with Crippen LogP contribution in [0.2, 0.25) is 0 Å². The number of benzene rings is 2. The molecule has 0 aliphatic heterocycles. The maximum atomic E-state index is 13.5. The molecule has 0 saturated carbocycles. The highest BCUT2D eigenvalue weighted by Gasteiger charge is 2.09. The van der Waals surface area contributed by atoms with E-state index < -0.39 is 11.6 Å². The standard InChI is InChI=1S/C16H16F2N2O/c1-10-7-11(3-6-15(10)19-2)16(21)20-9-12-8-13(17)4-5-14(12)18/h3-8,19H,9H2,1-2H3,(H,20,21). The van der Waals surface area contributed by atoms with Crippen LogP contribution >= 0.6 is 0 Å². The van der Waals surface area contributed by atoms with Crippen molar-refractivity contribution >= 4 is 11.6 Å². The molecule has 0 aliphatic rings. The van der Waals surface area contributed by atoms with E-state index in [2.05, 4.69) is 10.6 Å². The average Bonchev–Trinajstić information content (AvgIpc) is 2.47. The van der Waals surface area contributed by atoms with Crippen molar-refractivity contribution in [3.8, 4) is 0 Å². The molecule has 0 saturated heterocycles. The molecule has 0 bridgehead atoms. The minimum absolute atomic E-state index is 0.0603. The summed E-state index contributed by atoms with van der Waals surface area (Å²) in [5.74, 6) is -1.40. The maximum absolute atomic E-state index is 13.5. The van der Waals surface area contributed by atoms with Crippen molar-refractivity contribution in [2.45, 2.75) is 13.5 Å². The zero-order valence-corrected chi connectivity index (χ0v) is 11.8. The first-order valence-corrected chi connectivity index (χ1v) is 6.52. The van der Waals surface area contributed by atoms with Crippen molar-refractivity contribution in [3.63, 3.8) is 0 Å². The largest absolute Gasteiger partial charge is 0.388 e. The first-order valence-electron chi connectivity index (χ1n) is 6.52. The second kappa shape index (κ2) is 6.35. The molecule has 3 nitrogen and oxygen atoms in total. The van der Waals surface area contributed by atoms with Gasteiger partial charge in [-0.05, 0) is 48.9 Å². The number of hydrogen-bond donors (Lipinski definition) is 2. The van der Waals surface area contributed by atoms with Gasteiger partial charge in [0.25, 0.3) is 5.91 Å². The zero-order chi connectivity index (χ0) is 15.4. The van der Waals surface area contributed by atoms with E-state index in [1.807, 2.05) is 6.92 Å². The summed E-state index contributed by atoms with van der Waals surface area (Å²) in [7, 11) is 1.80. The van der Waals surface area contributed by atoms with Crippen LogP contribution in [0.15, 0.2) is 36.4 Å². The summed E-state index contributed by atoms with van der Waals surface area (Å²) in [6.45, 7) is 1.82. The van der Waals surface area contributed by atoms with Gasteiger partial charge in [0, 0.05) is 30.4 Å². The van der Waals surface area contributed by atoms with E-state index in [0.29, 0.717) is 5.56 Å². The minimum atomic E-state index is -0.543. The second-order valence-electron chi connectivity index (χ2n) is 4.70. The van der Waals surface area contributed by atoms with E-state index in [1.165, 1.54) is 0 Å². The van der Waals surface area contributed by atoms with Crippen LogP contribution in [0.5, 0.6) is 0 Å². The van der Waals surface area contributed by atoms with E-state index >= 15 is 0 Å². The molecule has 0 unspecified atom stereocenters. The molecule has 21 heavy (non-hydrogen) atoms. The molecule has 2 aromatic carbocycles. The van der Waals surface area contributed by atoms with Gasteiger partial charge in [0.1, 0.15) is 11.6 Å². The minimum Gasteiger partial charge on any atom is -0.388 e. The summed E-state index contributed by atoms with van der Waals surface area (Å²) in [4.78, 5) is 12.0. The highest BCUT2D eigenvalue weighted by atomic mass is 19.1. The van der Waals surface area contributed by atoms with Crippen molar-refractivity contribution in [2.24, 2.45) is 0 Å². The zero-order valence-electron chi connectivity index (χ0n) is 11.8. The predicted molar refractivity (Wildman–Crippen MR) is 78.3 cm³/mol. The van der Waals surface area contributed by atoms with Crippen molar-refractivity contribution in [3.05, 3.63) is 64.7 Å². The Bertz CT molecular complexity index is 671. The molecular weight excluding hydrogens is 274 g/mol. The van der Waals surface area contributed by atoms with Crippen molar-refractivity contribution in [1.82, 2.24) is 5.32 Å². The number of nitrogens with one attached hydrogen (secondary N) is 2. The fourth-order valence-electron chi connectivity index (χ4n) is 2.04. The topological polar surface area (TPSA) is 41.1 Å². The first-order chi connectivity index (χ1) is 10.0. The lowest BCUT2D eigenvalue weighted by Gasteiger charge is -2.09. The van der Waals surface area contributed by atoms with Crippen LogP contribution in [0.4, 0.5) is 14.5 Å². The Kier molecular flexibility index (Phi) is 4.52. The number of carbonyl (C=O) groups excluding carboxylic acids is 1. The maximum Gasteiger partial charge on any atom is 0.251 e. The monoisotopic (exact) mass is 290 g/mol. The van der Waals surface area contributed by atoms with E-state index in [0.717, 1.165) is 29.4 Å². The molecule has 110 valence electrons. The predicted octanol–water partition coefficient (Wildman–Crippen LogP) is 3.24. The fraction of sp³-hybridized carbons (Fsp3) is 0.188. The summed E-state index contributed by atoms with van der Waals surface area (Å²) in [5.41, 5.74) is 2.46. The van der Waals surface area contributed by atoms with Crippen LogP contribution in [0.1, 0.15) is 21.5 Å². The Morgan fingerprint density at radius 1 is 1.14 bits per heavy atom. The third-order valence-electron chi connectivity index (χ3n) is 3.21. The molecular formula is C16H16F2N2O. The van der Waals surface area contributed by atoms with Gasteiger partial charge < -0.3 is 10.6 Å². The van der Waals surface area contributed by atoms with Crippen molar-refractivity contribution in [2.75, 3.05) is 12.4 Å². The second-order valence-corrected chi connectivity index (χ2v) is 4.70. The number of halogens is 2. The smallest absolute Gasteiger partial charge is 0.251 e. The van der Waals surface area contributed by atoms with Gasteiger partial charge in [-0.25, -0.2) is 8.78 Å². The van der Waals surface area contributed by atoms with Crippen LogP contribution in [-0.2, 0) is 6.54 Å². The first kappa shape index (κ1) is 15.0. The molecule has 0 radical (unpaired) electrons. The van der Waals surface area contributed by atoms with E-state index in [4.69, 9.17) is 0 Å². The van der Waals surface area contributed by atoms with Crippen LogP contribution in [-0.4, -0.2) is 13.0 Å². The summed E-state index contributed by atoms with van der Waals surface area (Å²) < 4.78 is 26.5. The van der Waals surface area contributed by atoms with Gasteiger partial charge >= 0.3 is 0 Å². The number of carbonyl (C=O) groups is 1. The highest BCUT2D eigenvalue weighted by Crippen LogP contribution is 2.16. The SMILES string of the molecule is CNc1ccc(C(=O)NCc2cc(F)ccc2F)cc1C. The van der Waals surface area contributed by atoms with Crippen LogP contribution in [0, 0.1) is 18.6 Å². The van der Waals surface area contributed by atoms with E-state index in [-0.39, 0.29) is 18.0 Å². The normalized spacial score (nSPS) is 10.3. The summed E-state index contributed by atoms with van der Waals surface area (Å²) in [5, 5.41) is 5.59. The number of amides is 1. The summed E-state index contributed by atoms with van der Waals surface area (Å²) in [6.07, 6.45) is 0. The van der Waals surface area contributed by atoms with Gasteiger partial charge in [-0.15, -0.1) is 0 Å². The third-order valence-corrected chi connectivity index (χ3v) is 3.21. The lowest BCUT2D eigenvalue weighted by molar-refractivity contribution is 0.0950.